The lowest BCUT2D eigenvalue weighted by molar-refractivity contribution is 0.0698. The lowest BCUT2D eigenvalue weighted by Gasteiger charge is -2.25. The van der Waals surface area contributed by atoms with Crippen LogP contribution in [0.1, 0.15) is 29.1 Å². The van der Waals surface area contributed by atoms with Crippen LogP contribution in [0.5, 0.6) is 0 Å². The highest BCUT2D eigenvalue weighted by molar-refractivity contribution is 9.10. The van der Waals surface area contributed by atoms with Crippen LogP contribution in [0.3, 0.4) is 0 Å². The molecule has 0 atom stereocenters. The van der Waals surface area contributed by atoms with Gasteiger partial charge < -0.3 is 10.4 Å². The Hall–Kier alpha value is -1.33. The lowest BCUT2D eigenvalue weighted by Crippen LogP contribution is -2.27. The third-order valence-corrected chi connectivity index (χ3v) is 4.85. The number of nitrogens with one attached hydrogen (secondary N) is 1. The standard InChI is InChI=1S/C15H16BrNO2S/c1-15(2,13-4-3-7-20-13)9-17-12-6-5-10(16)8-11(12)14(18)19/h3-8,17H,9H2,1-2H3,(H,18,19). The van der Waals surface area contributed by atoms with E-state index in [1.807, 2.05) is 12.1 Å². The molecule has 0 aliphatic carbocycles. The van der Waals surface area contributed by atoms with Crippen molar-refractivity contribution in [3.05, 3.63) is 50.6 Å². The Morgan fingerprint density at radius 3 is 2.75 bits per heavy atom. The van der Waals surface area contributed by atoms with Gasteiger partial charge in [0.2, 0.25) is 0 Å². The number of thiophene rings is 1. The minimum atomic E-state index is -0.928. The van der Waals surface area contributed by atoms with E-state index in [4.69, 9.17) is 0 Å². The largest absolute Gasteiger partial charge is 0.478 e. The number of halogens is 1. The van der Waals surface area contributed by atoms with Crippen LogP contribution in [0, 0.1) is 0 Å². The summed E-state index contributed by atoms with van der Waals surface area (Å²) in [4.78, 5) is 12.5. The minimum absolute atomic E-state index is 0.0446. The zero-order valence-corrected chi connectivity index (χ0v) is 13.7. The summed E-state index contributed by atoms with van der Waals surface area (Å²) in [5.41, 5.74) is 0.878. The van der Waals surface area contributed by atoms with Crippen molar-refractivity contribution in [2.24, 2.45) is 0 Å². The summed E-state index contributed by atoms with van der Waals surface area (Å²) in [5, 5.41) is 14.6. The molecule has 0 radical (unpaired) electrons. The number of carboxylic acid groups (broad SMARTS) is 1. The fourth-order valence-corrected chi connectivity index (χ4v) is 3.13. The van der Waals surface area contributed by atoms with Crippen LogP contribution in [0.4, 0.5) is 5.69 Å². The first-order valence-corrected chi connectivity index (χ1v) is 7.88. The van der Waals surface area contributed by atoms with E-state index in [1.165, 1.54) is 4.88 Å². The number of carboxylic acids is 1. The third kappa shape index (κ3) is 3.41. The van der Waals surface area contributed by atoms with Gasteiger partial charge in [0.1, 0.15) is 0 Å². The van der Waals surface area contributed by atoms with Crippen LogP contribution in [0.25, 0.3) is 0 Å². The Bertz CT molecular complexity index is 608. The number of hydrogen-bond acceptors (Lipinski definition) is 3. The second-order valence-electron chi connectivity index (χ2n) is 5.21. The molecule has 0 spiro atoms. The molecular weight excluding hydrogens is 338 g/mol. The monoisotopic (exact) mass is 353 g/mol. The van der Waals surface area contributed by atoms with Gasteiger partial charge in [0.15, 0.2) is 0 Å². The van der Waals surface area contributed by atoms with Gasteiger partial charge in [-0.25, -0.2) is 4.79 Å². The van der Waals surface area contributed by atoms with E-state index in [2.05, 4.69) is 46.5 Å². The molecule has 20 heavy (non-hydrogen) atoms. The smallest absolute Gasteiger partial charge is 0.337 e. The molecule has 1 aromatic heterocycles. The SMILES string of the molecule is CC(C)(CNc1ccc(Br)cc1C(=O)O)c1cccs1. The summed E-state index contributed by atoms with van der Waals surface area (Å²) < 4.78 is 0.762. The van der Waals surface area contributed by atoms with Crippen molar-refractivity contribution in [2.75, 3.05) is 11.9 Å². The first-order chi connectivity index (χ1) is 9.40. The van der Waals surface area contributed by atoms with Crippen LogP contribution >= 0.6 is 27.3 Å². The van der Waals surface area contributed by atoms with Crippen molar-refractivity contribution in [3.63, 3.8) is 0 Å². The van der Waals surface area contributed by atoms with Crippen molar-refractivity contribution in [1.29, 1.82) is 0 Å². The molecule has 0 aliphatic rings. The zero-order valence-electron chi connectivity index (χ0n) is 11.3. The highest BCUT2D eigenvalue weighted by Gasteiger charge is 2.22. The molecule has 0 bridgehead atoms. The molecule has 106 valence electrons. The molecule has 5 heteroatoms. The third-order valence-electron chi connectivity index (χ3n) is 3.12. The second-order valence-corrected chi connectivity index (χ2v) is 7.07. The van der Waals surface area contributed by atoms with Gasteiger partial charge in [0.05, 0.1) is 5.56 Å². The first kappa shape index (κ1) is 15.1. The lowest BCUT2D eigenvalue weighted by atomic mass is 9.91. The van der Waals surface area contributed by atoms with Gasteiger partial charge in [-0.1, -0.05) is 35.8 Å². The maximum atomic E-state index is 11.3. The number of aromatic carboxylic acids is 1. The number of carbonyl (C=O) groups is 1. The summed E-state index contributed by atoms with van der Waals surface area (Å²) in [5.74, 6) is -0.928. The minimum Gasteiger partial charge on any atom is -0.478 e. The van der Waals surface area contributed by atoms with Crippen molar-refractivity contribution in [2.45, 2.75) is 19.3 Å². The fraction of sp³-hybridized carbons (Fsp3) is 0.267. The van der Waals surface area contributed by atoms with Crippen molar-refractivity contribution < 1.29 is 9.90 Å². The Labute approximate surface area is 130 Å². The predicted octanol–water partition coefficient (Wildman–Crippen LogP) is 4.60. The van der Waals surface area contributed by atoms with Crippen molar-refractivity contribution in [3.8, 4) is 0 Å². The molecule has 0 aliphatic heterocycles. The van der Waals surface area contributed by atoms with Gasteiger partial charge in [-0.15, -0.1) is 11.3 Å². The number of anilines is 1. The summed E-state index contributed by atoms with van der Waals surface area (Å²) >= 11 is 5.01. The maximum absolute atomic E-state index is 11.3. The quantitative estimate of drug-likeness (QED) is 0.825. The average Bonchev–Trinajstić information content (AvgIpc) is 2.91. The molecule has 1 aromatic carbocycles. The molecule has 2 rings (SSSR count). The van der Waals surface area contributed by atoms with E-state index in [-0.39, 0.29) is 11.0 Å². The fourth-order valence-electron chi connectivity index (χ4n) is 1.91. The van der Waals surface area contributed by atoms with Gasteiger partial charge in [0, 0.05) is 27.0 Å². The highest BCUT2D eigenvalue weighted by atomic mass is 79.9. The Morgan fingerprint density at radius 1 is 1.40 bits per heavy atom. The Kier molecular flexibility index (Phi) is 4.50. The molecular formula is C15H16BrNO2S. The van der Waals surface area contributed by atoms with Crippen molar-refractivity contribution >= 4 is 38.9 Å². The molecule has 1 heterocycles. The van der Waals surface area contributed by atoms with E-state index in [1.54, 1.807) is 23.5 Å². The topological polar surface area (TPSA) is 49.3 Å². The van der Waals surface area contributed by atoms with E-state index in [0.29, 0.717) is 12.2 Å². The van der Waals surface area contributed by atoms with E-state index in [0.717, 1.165) is 4.47 Å². The van der Waals surface area contributed by atoms with Gasteiger partial charge in [0.25, 0.3) is 0 Å². The number of rotatable bonds is 5. The molecule has 2 aromatic rings. The highest BCUT2D eigenvalue weighted by Crippen LogP contribution is 2.29. The maximum Gasteiger partial charge on any atom is 0.337 e. The molecule has 0 saturated heterocycles. The average molecular weight is 354 g/mol. The van der Waals surface area contributed by atoms with Crippen LogP contribution in [0.15, 0.2) is 40.2 Å². The molecule has 0 amide bonds. The van der Waals surface area contributed by atoms with Crippen LogP contribution < -0.4 is 5.32 Å². The molecule has 0 unspecified atom stereocenters. The van der Waals surface area contributed by atoms with Gasteiger partial charge >= 0.3 is 5.97 Å². The summed E-state index contributed by atoms with van der Waals surface area (Å²) in [6.45, 7) is 4.96. The molecule has 3 nitrogen and oxygen atoms in total. The van der Waals surface area contributed by atoms with E-state index in [9.17, 15) is 9.90 Å². The Morgan fingerprint density at radius 2 is 2.15 bits per heavy atom. The summed E-state index contributed by atoms with van der Waals surface area (Å²) in [6, 6.07) is 9.38. The zero-order chi connectivity index (χ0) is 14.8. The predicted molar refractivity (Wildman–Crippen MR) is 86.9 cm³/mol. The number of benzene rings is 1. The van der Waals surface area contributed by atoms with Crippen LogP contribution in [-0.4, -0.2) is 17.6 Å². The normalized spacial score (nSPS) is 11.3. The molecule has 0 fully saturated rings. The first-order valence-electron chi connectivity index (χ1n) is 6.21. The van der Waals surface area contributed by atoms with Gasteiger partial charge in [-0.05, 0) is 29.6 Å². The van der Waals surface area contributed by atoms with E-state index < -0.39 is 5.97 Å². The second kappa shape index (κ2) is 5.97. The van der Waals surface area contributed by atoms with Crippen molar-refractivity contribution in [1.82, 2.24) is 0 Å². The van der Waals surface area contributed by atoms with Gasteiger partial charge in [-0.3, -0.25) is 0 Å². The van der Waals surface area contributed by atoms with Gasteiger partial charge in [-0.2, -0.15) is 0 Å². The molecule has 0 saturated carbocycles. The summed E-state index contributed by atoms with van der Waals surface area (Å²) in [6.07, 6.45) is 0. The van der Waals surface area contributed by atoms with Crippen LogP contribution in [-0.2, 0) is 5.41 Å². The van der Waals surface area contributed by atoms with Crippen LogP contribution in [0.2, 0.25) is 0 Å². The van der Waals surface area contributed by atoms with E-state index >= 15 is 0 Å². The Balaban J connectivity index is 2.17. The number of hydrogen-bond donors (Lipinski definition) is 2. The molecule has 2 N–H and O–H groups in total. The summed E-state index contributed by atoms with van der Waals surface area (Å²) in [7, 11) is 0.